The lowest BCUT2D eigenvalue weighted by molar-refractivity contribution is 0.668. The molecule has 294 valence electrons. The number of aromatic nitrogens is 3. The first-order valence-electron chi connectivity index (χ1n) is 31.0. The minimum Gasteiger partial charge on any atom is -0.456 e. The van der Waals surface area contributed by atoms with Crippen LogP contribution in [-0.4, -0.2) is 15.0 Å². The number of nitrogens with zero attached hydrogens (tertiary/aromatic N) is 3. The lowest BCUT2D eigenvalue weighted by Crippen LogP contribution is -2.00. The summed E-state index contributed by atoms with van der Waals surface area (Å²) in [4.78, 5) is 14.3. The molecule has 0 bridgehead atoms. The maximum atomic E-state index is 10.1. The van der Waals surface area contributed by atoms with Gasteiger partial charge in [0.05, 0.1) is 32.9 Å². The summed E-state index contributed by atoms with van der Waals surface area (Å²) in [6, 6.07) is -2.50. The zero-order chi connectivity index (χ0) is 62.3. The summed E-state index contributed by atoms with van der Waals surface area (Å²) in [6.45, 7) is 0. The Morgan fingerprint density at radius 3 is 1.59 bits per heavy atom. The molecule has 0 aliphatic carbocycles. The van der Waals surface area contributed by atoms with Gasteiger partial charge < -0.3 is 13.3 Å². The molecular weight excluding hydrogens is 775 g/mol. The van der Waals surface area contributed by atoms with Gasteiger partial charge in [-0.05, 0) is 87.8 Å². The average molecular weight is 832 g/mol. The maximum Gasteiger partial charge on any atom is 0.164 e. The van der Waals surface area contributed by atoms with Crippen LogP contribution in [0.2, 0.25) is 0 Å². The highest BCUT2D eigenvalue weighted by atomic mass is 16.3. The Balaban J connectivity index is 1.09. The number of hydrogen-bond acceptors (Lipinski definition) is 6. The van der Waals surface area contributed by atoms with Gasteiger partial charge in [0.1, 0.15) is 33.5 Å². The minimum atomic E-state index is -0.867. The monoisotopic (exact) mass is 831 g/mol. The molecule has 63 heavy (non-hydrogen) atoms. The Morgan fingerprint density at radius 1 is 0.302 bits per heavy atom. The molecule has 6 heteroatoms. The lowest BCUT2D eigenvalue weighted by atomic mass is 9.95. The van der Waals surface area contributed by atoms with Crippen LogP contribution in [0.1, 0.15) is 32.9 Å². The quantitative estimate of drug-likeness (QED) is 0.166. The second-order valence-electron chi connectivity index (χ2n) is 14.0. The lowest BCUT2D eigenvalue weighted by Gasteiger charge is -2.10. The van der Waals surface area contributed by atoms with Crippen LogP contribution in [0.15, 0.2) is 213 Å². The van der Waals surface area contributed by atoms with Crippen molar-refractivity contribution in [3.8, 4) is 67.5 Å². The fourth-order valence-corrected chi connectivity index (χ4v) is 7.45. The van der Waals surface area contributed by atoms with Gasteiger partial charge in [-0.15, -0.1) is 0 Å². The molecule has 0 fully saturated rings. The highest BCUT2D eigenvalue weighted by molar-refractivity contribution is 6.16. The van der Waals surface area contributed by atoms with E-state index in [-0.39, 0.29) is 55.9 Å². The van der Waals surface area contributed by atoms with Gasteiger partial charge in [0.25, 0.3) is 0 Å². The van der Waals surface area contributed by atoms with Gasteiger partial charge in [-0.2, -0.15) is 0 Å². The molecule has 0 radical (unpaired) electrons. The topological polar surface area (TPSA) is 78.1 Å². The van der Waals surface area contributed by atoms with Crippen molar-refractivity contribution in [2.24, 2.45) is 0 Å². The first kappa shape index (κ1) is 19.0. The largest absolute Gasteiger partial charge is 0.456 e. The van der Waals surface area contributed by atoms with Crippen molar-refractivity contribution in [2.45, 2.75) is 0 Å². The normalized spacial score (nSPS) is 17.1. The summed E-state index contributed by atoms with van der Waals surface area (Å²) in [5.41, 5.74) is -5.11. The Hall–Kier alpha value is -8.61. The Kier molecular flexibility index (Phi) is 4.21. The molecule has 0 spiro atoms. The molecule has 0 saturated carbocycles. The van der Waals surface area contributed by atoms with E-state index in [0.717, 1.165) is 0 Å². The smallest absolute Gasteiger partial charge is 0.164 e. The minimum absolute atomic E-state index is 0.0104. The Labute approximate surface area is 394 Å². The van der Waals surface area contributed by atoms with Crippen LogP contribution in [-0.2, 0) is 0 Å². The Morgan fingerprint density at radius 2 is 0.825 bits per heavy atom. The van der Waals surface area contributed by atoms with Gasteiger partial charge in [-0.3, -0.25) is 0 Å². The molecule has 0 unspecified atom stereocenters. The third-order valence-electron chi connectivity index (χ3n) is 10.4. The van der Waals surface area contributed by atoms with E-state index in [4.69, 9.17) is 47.4 Å². The first-order valence-corrected chi connectivity index (χ1v) is 19.0. The summed E-state index contributed by atoms with van der Waals surface area (Å²) >= 11 is 0. The van der Waals surface area contributed by atoms with Crippen LogP contribution >= 0.6 is 0 Å². The van der Waals surface area contributed by atoms with Gasteiger partial charge in [-0.25, -0.2) is 15.0 Å². The van der Waals surface area contributed by atoms with Gasteiger partial charge in [0, 0.05) is 49.0 Å². The van der Waals surface area contributed by atoms with Crippen LogP contribution < -0.4 is 0 Å². The number of fused-ring (bicyclic) bond motifs is 9. The summed E-state index contributed by atoms with van der Waals surface area (Å²) in [5, 5.41) is -2.30. The van der Waals surface area contributed by atoms with Crippen molar-refractivity contribution in [1.29, 1.82) is 0 Å². The third-order valence-corrected chi connectivity index (χ3v) is 10.4. The molecule has 13 rings (SSSR count). The predicted molar refractivity (Wildman–Crippen MR) is 254 cm³/mol. The summed E-state index contributed by atoms with van der Waals surface area (Å²) in [5.74, 6) is -0.380. The zero-order valence-corrected chi connectivity index (χ0v) is 31.8. The molecular formula is C57H33N3O3. The van der Waals surface area contributed by atoms with Crippen molar-refractivity contribution in [1.82, 2.24) is 15.0 Å². The van der Waals surface area contributed by atoms with E-state index in [0.29, 0.717) is 5.56 Å². The van der Waals surface area contributed by atoms with Gasteiger partial charge >= 0.3 is 0 Å². The van der Waals surface area contributed by atoms with E-state index in [2.05, 4.69) is 0 Å². The van der Waals surface area contributed by atoms with Crippen molar-refractivity contribution in [2.75, 3.05) is 0 Å². The summed E-state index contributed by atoms with van der Waals surface area (Å²) < 4.78 is 234. The van der Waals surface area contributed by atoms with Crippen LogP contribution in [0.5, 0.6) is 0 Å². The molecule has 0 saturated heterocycles. The summed E-state index contributed by atoms with van der Waals surface area (Å²) in [7, 11) is 0. The van der Waals surface area contributed by atoms with Crippen molar-refractivity contribution in [3.05, 3.63) is 200 Å². The predicted octanol–water partition coefficient (Wildman–Crippen LogP) is 15.6. The molecule has 0 amide bonds. The zero-order valence-electron chi connectivity index (χ0n) is 55.8. The molecule has 0 atom stereocenters. The second-order valence-corrected chi connectivity index (χ2v) is 14.0. The number of rotatable bonds is 6. The van der Waals surface area contributed by atoms with Gasteiger partial charge in [0.2, 0.25) is 0 Å². The number of hydrogen-bond donors (Lipinski definition) is 0. The van der Waals surface area contributed by atoms with E-state index in [9.17, 15) is 13.7 Å². The van der Waals surface area contributed by atoms with Gasteiger partial charge in [0.15, 0.2) is 17.5 Å². The van der Waals surface area contributed by atoms with Crippen LogP contribution in [0.4, 0.5) is 0 Å². The highest BCUT2D eigenvalue weighted by Gasteiger charge is 2.20. The van der Waals surface area contributed by atoms with Gasteiger partial charge in [-0.1, -0.05) is 145 Å². The molecule has 0 N–H and O–H groups in total. The van der Waals surface area contributed by atoms with Crippen molar-refractivity contribution >= 4 is 65.8 Å². The fourth-order valence-electron chi connectivity index (χ4n) is 7.45. The third kappa shape index (κ3) is 5.84. The molecule has 6 nitrogen and oxygen atoms in total. The standard InChI is InChI=1S/C57H33N3O3/c1-3-11-34(12-4-1)35-21-23-37(24-22-35)56-58-55(36-13-5-2-6-14-36)59-57(60-56)44-17-10-20-51-54(44)46-32-40(27-30-49(46)62-51)41-16-9-19-50-53(41)45-31-38(26-29-48(45)61-50)39-25-28-43-42-15-7-8-18-47(42)63-52(43)33-39/h1-33H/i1D,3D,4D,7D,8D,9D,10D,11D,12D,15D,16D,17D,18D,19D,20D,25D,26D,27D,28D,29D,30D,31D,32D,33D. The van der Waals surface area contributed by atoms with E-state index < -0.39 is 217 Å². The van der Waals surface area contributed by atoms with Crippen LogP contribution in [0, 0.1) is 0 Å². The number of para-hydroxylation sites is 1. The summed E-state index contributed by atoms with van der Waals surface area (Å²) in [6.07, 6.45) is 0. The highest BCUT2D eigenvalue weighted by Crippen LogP contribution is 2.43. The number of benzene rings is 9. The first-order chi connectivity index (χ1) is 41.2. The van der Waals surface area contributed by atoms with Crippen LogP contribution in [0.25, 0.3) is 133 Å². The molecule has 9 aromatic carbocycles. The van der Waals surface area contributed by atoms with Crippen molar-refractivity contribution in [3.63, 3.8) is 0 Å². The maximum absolute atomic E-state index is 10.1. The van der Waals surface area contributed by atoms with Crippen molar-refractivity contribution < 1.29 is 46.1 Å². The molecule has 4 heterocycles. The Bertz CT molecular complexity index is 5310. The molecule has 0 aliphatic heterocycles. The molecule has 13 aromatic rings. The second kappa shape index (κ2) is 14.0. The average Bonchev–Trinajstić information content (AvgIpc) is 1.66. The number of furan rings is 3. The van der Waals surface area contributed by atoms with E-state index in [1.165, 1.54) is 24.3 Å². The van der Waals surface area contributed by atoms with E-state index in [1.54, 1.807) is 30.3 Å². The SMILES string of the molecule is [2H]c1c([2H])c([2H])c(-c2ccc(-c3nc(-c4ccccc4)nc(-c4c([2H])c([2H])c([2H])c5oc6c([2H])c([2H])c(-c7c([2H])c([2H])c([2H])c8oc9c([2H])c([2H])c(-c%10c([2H])c([2H])c%11c(oc%12c([2H])c([2H])c([2H])c([2H])c%12%11)c%10[2H])c([2H])c9c78)c([2H])c6c45)n3)cc2)c([2H])c1[2H]. The fraction of sp³-hybridized carbons (Fsp3) is 0. The molecule has 0 aliphatic rings. The van der Waals surface area contributed by atoms with E-state index in [1.807, 2.05) is 0 Å². The van der Waals surface area contributed by atoms with E-state index >= 15 is 0 Å². The molecule has 4 aromatic heterocycles. The van der Waals surface area contributed by atoms with Crippen LogP contribution in [0.3, 0.4) is 0 Å².